The van der Waals surface area contributed by atoms with Crippen molar-refractivity contribution < 1.29 is 4.79 Å². The second-order valence-electron chi connectivity index (χ2n) is 6.32. The summed E-state index contributed by atoms with van der Waals surface area (Å²) in [4.78, 5) is 13.9. The van der Waals surface area contributed by atoms with Gasteiger partial charge in [0.25, 0.3) is 0 Å². The molecule has 1 N–H and O–H groups in total. The Balaban J connectivity index is 2.21. The number of hydrogen-bond acceptors (Lipinski definition) is 2. The first-order chi connectivity index (χ1) is 9.04. The van der Waals surface area contributed by atoms with Gasteiger partial charge in [-0.05, 0) is 26.2 Å². The van der Waals surface area contributed by atoms with E-state index in [9.17, 15) is 4.79 Å². The third kappa shape index (κ3) is 5.94. The van der Waals surface area contributed by atoms with Crippen molar-refractivity contribution >= 4 is 5.91 Å². The number of likely N-dealkylation sites (tertiary alicyclic amines) is 1. The number of carbonyl (C=O) groups excluding carboxylic acids is 1. The molecule has 19 heavy (non-hydrogen) atoms. The topological polar surface area (TPSA) is 32.3 Å². The standard InChI is InChI=1S/C16H32N2O/c1-5-6-7-8-14(4)17-15-9-11-18(12-10-15)16(19)13(2)3/h13-15,17H,5-12H2,1-4H3. The summed E-state index contributed by atoms with van der Waals surface area (Å²) in [6.07, 6.45) is 7.46. The number of unbranched alkanes of at least 4 members (excludes halogenated alkanes) is 2. The molecule has 3 heteroatoms. The lowest BCUT2D eigenvalue weighted by Gasteiger charge is -2.34. The summed E-state index contributed by atoms with van der Waals surface area (Å²) in [5.41, 5.74) is 0. The fourth-order valence-corrected chi connectivity index (χ4v) is 2.82. The van der Waals surface area contributed by atoms with Gasteiger partial charge >= 0.3 is 0 Å². The van der Waals surface area contributed by atoms with Crippen LogP contribution in [0.2, 0.25) is 0 Å². The van der Waals surface area contributed by atoms with E-state index in [0.29, 0.717) is 18.0 Å². The second kappa shape index (κ2) is 8.57. The van der Waals surface area contributed by atoms with Gasteiger partial charge < -0.3 is 10.2 Å². The number of rotatable bonds is 7. The van der Waals surface area contributed by atoms with Gasteiger partial charge in [0.05, 0.1) is 0 Å². The first-order valence-electron chi connectivity index (χ1n) is 8.09. The Morgan fingerprint density at radius 2 is 1.84 bits per heavy atom. The molecule has 0 spiro atoms. The van der Waals surface area contributed by atoms with Crippen LogP contribution in [-0.4, -0.2) is 36.0 Å². The molecule has 1 atom stereocenters. The number of nitrogens with zero attached hydrogens (tertiary/aromatic N) is 1. The summed E-state index contributed by atoms with van der Waals surface area (Å²) in [5.74, 6) is 0.451. The van der Waals surface area contributed by atoms with E-state index in [0.717, 1.165) is 25.9 Å². The molecule has 0 aromatic heterocycles. The maximum absolute atomic E-state index is 11.9. The van der Waals surface area contributed by atoms with Gasteiger partial charge in [-0.2, -0.15) is 0 Å². The Hall–Kier alpha value is -0.570. The van der Waals surface area contributed by atoms with E-state index in [-0.39, 0.29) is 5.92 Å². The minimum absolute atomic E-state index is 0.137. The average molecular weight is 268 g/mol. The van der Waals surface area contributed by atoms with Crippen LogP contribution in [0.1, 0.15) is 66.2 Å². The summed E-state index contributed by atoms with van der Waals surface area (Å²) in [7, 11) is 0. The molecule has 0 bridgehead atoms. The molecule has 0 radical (unpaired) electrons. The van der Waals surface area contributed by atoms with Crippen molar-refractivity contribution in [3.05, 3.63) is 0 Å². The number of piperidine rings is 1. The van der Waals surface area contributed by atoms with Crippen LogP contribution in [0.25, 0.3) is 0 Å². The zero-order chi connectivity index (χ0) is 14.3. The maximum Gasteiger partial charge on any atom is 0.225 e. The van der Waals surface area contributed by atoms with E-state index in [1.807, 2.05) is 18.7 Å². The molecule has 1 aliphatic heterocycles. The fourth-order valence-electron chi connectivity index (χ4n) is 2.82. The molecule has 1 unspecified atom stereocenters. The summed E-state index contributed by atoms with van der Waals surface area (Å²) >= 11 is 0. The van der Waals surface area contributed by atoms with Crippen LogP contribution < -0.4 is 5.32 Å². The molecule has 1 amide bonds. The molecule has 0 aliphatic carbocycles. The van der Waals surface area contributed by atoms with Crippen molar-refractivity contribution in [3.8, 4) is 0 Å². The van der Waals surface area contributed by atoms with Crippen molar-refractivity contribution in [3.63, 3.8) is 0 Å². The molecule has 1 rings (SSSR count). The highest BCUT2D eigenvalue weighted by atomic mass is 16.2. The molecule has 0 aromatic rings. The predicted octanol–water partition coefficient (Wildman–Crippen LogP) is 3.19. The molecule has 1 heterocycles. The van der Waals surface area contributed by atoms with Crippen LogP contribution in [0.5, 0.6) is 0 Å². The molecular formula is C16H32N2O. The first-order valence-corrected chi connectivity index (χ1v) is 8.09. The summed E-state index contributed by atoms with van der Waals surface area (Å²) in [5, 5.41) is 3.73. The largest absolute Gasteiger partial charge is 0.342 e. The van der Waals surface area contributed by atoms with Gasteiger partial charge in [0.15, 0.2) is 0 Å². The highest BCUT2D eigenvalue weighted by Crippen LogP contribution is 2.14. The van der Waals surface area contributed by atoms with Gasteiger partial charge in [-0.25, -0.2) is 0 Å². The van der Waals surface area contributed by atoms with Gasteiger partial charge in [0.2, 0.25) is 5.91 Å². The van der Waals surface area contributed by atoms with Crippen LogP contribution >= 0.6 is 0 Å². The lowest BCUT2D eigenvalue weighted by molar-refractivity contribution is -0.135. The molecular weight excluding hydrogens is 236 g/mol. The van der Waals surface area contributed by atoms with E-state index < -0.39 is 0 Å². The number of nitrogens with one attached hydrogen (secondary N) is 1. The Morgan fingerprint density at radius 3 is 2.37 bits per heavy atom. The zero-order valence-corrected chi connectivity index (χ0v) is 13.2. The SMILES string of the molecule is CCCCCC(C)NC1CCN(C(=O)C(C)C)CC1. The summed E-state index contributed by atoms with van der Waals surface area (Å²) < 4.78 is 0. The van der Waals surface area contributed by atoms with Gasteiger partial charge in [0.1, 0.15) is 0 Å². The van der Waals surface area contributed by atoms with Crippen molar-refractivity contribution in [1.29, 1.82) is 0 Å². The quantitative estimate of drug-likeness (QED) is 0.719. The Kier molecular flexibility index (Phi) is 7.44. The highest BCUT2D eigenvalue weighted by molar-refractivity contribution is 5.78. The Bertz CT molecular complexity index is 257. The lowest BCUT2D eigenvalue weighted by atomic mass is 10.0. The smallest absolute Gasteiger partial charge is 0.225 e. The summed E-state index contributed by atoms with van der Waals surface area (Å²) in [6, 6.07) is 1.22. The number of hydrogen-bond donors (Lipinski definition) is 1. The van der Waals surface area contributed by atoms with Crippen molar-refractivity contribution in [2.45, 2.75) is 78.3 Å². The van der Waals surface area contributed by atoms with E-state index in [2.05, 4.69) is 19.2 Å². The minimum atomic E-state index is 0.137. The fraction of sp³-hybridized carbons (Fsp3) is 0.938. The molecule has 1 saturated heterocycles. The molecule has 3 nitrogen and oxygen atoms in total. The molecule has 1 aliphatic rings. The van der Waals surface area contributed by atoms with Crippen LogP contribution in [0.15, 0.2) is 0 Å². The third-order valence-corrected chi connectivity index (χ3v) is 4.06. The van der Waals surface area contributed by atoms with Crippen molar-refractivity contribution in [2.24, 2.45) is 5.92 Å². The monoisotopic (exact) mass is 268 g/mol. The normalized spacial score (nSPS) is 18.9. The van der Waals surface area contributed by atoms with E-state index in [1.165, 1.54) is 25.7 Å². The number of carbonyl (C=O) groups is 1. The van der Waals surface area contributed by atoms with Crippen LogP contribution in [0, 0.1) is 5.92 Å². The van der Waals surface area contributed by atoms with Crippen LogP contribution in [-0.2, 0) is 4.79 Å². The van der Waals surface area contributed by atoms with E-state index in [4.69, 9.17) is 0 Å². The molecule has 112 valence electrons. The second-order valence-corrected chi connectivity index (χ2v) is 6.32. The lowest BCUT2D eigenvalue weighted by Crippen LogP contribution is -2.48. The maximum atomic E-state index is 11.9. The van der Waals surface area contributed by atoms with Gasteiger partial charge in [-0.1, -0.05) is 40.0 Å². The van der Waals surface area contributed by atoms with Gasteiger partial charge in [0, 0.05) is 31.1 Å². The van der Waals surface area contributed by atoms with Crippen molar-refractivity contribution in [2.75, 3.05) is 13.1 Å². The zero-order valence-electron chi connectivity index (χ0n) is 13.2. The molecule has 0 saturated carbocycles. The van der Waals surface area contributed by atoms with Crippen LogP contribution in [0.4, 0.5) is 0 Å². The Morgan fingerprint density at radius 1 is 1.21 bits per heavy atom. The Labute approximate surface area is 119 Å². The molecule has 0 aromatic carbocycles. The van der Waals surface area contributed by atoms with Crippen LogP contribution in [0.3, 0.4) is 0 Å². The minimum Gasteiger partial charge on any atom is -0.342 e. The highest BCUT2D eigenvalue weighted by Gasteiger charge is 2.24. The van der Waals surface area contributed by atoms with E-state index >= 15 is 0 Å². The van der Waals surface area contributed by atoms with Crippen molar-refractivity contribution in [1.82, 2.24) is 10.2 Å². The molecule has 1 fully saturated rings. The van der Waals surface area contributed by atoms with Gasteiger partial charge in [-0.3, -0.25) is 4.79 Å². The van der Waals surface area contributed by atoms with Gasteiger partial charge in [-0.15, -0.1) is 0 Å². The first kappa shape index (κ1) is 16.5. The average Bonchev–Trinajstić information content (AvgIpc) is 2.39. The third-order valence-electron chi connectivity index (χ3n) is 4.06. The predicted molar refractivity (Wildman–Crippen MR) is 81.2 cm³/mol. The number of amides is 1. The summed E-state index contributed by atoms with van der Waals surface area (Å²) in [6.45, 7) is 10.4. The van der Waals surface area contributed by atoms with E-state index in [1.54, 1.807) is 0 Å².